The van der Waals surface area contributed by atoms with Crippen LogP contribution in [0.2, 0.25) is 0 Å². The lowest BCUT2D eigenvalue weighted by Gasteiger charge is -2.39. The molecule has 2 aromatic carbocycles. The second-order valence-corrected chi connectivity index (χ2v) is 8.20. The summed E-state index contributed by atoms with van der Waals surface area (Å²) in [6.45, 7) is 4.07. The highest BCUT2D eigenvalue weighted by atomic mass is 16.5. The second kappa shape index (κ2) is 11.0. The maximum atomic E-state index is 13.1. The number of hydroxylamine groups is 1. The van der Waals surface area contributed by atoms with Crippen LogP contribution in [0.3, 0.4) is 0 Å². The van der Waals surface area contributed by atoms with Gasteiger partial charge in [-0.1, -0.05) is 24.3 Å². The van der Waals surface area contributed by atoms with E-state index in [0.717, 1.165) is 36.2 Å². The number of furan rings is 1. The molecule has 34 heavy (non-hydrogen) atoms. The SMILES string of the molecule is CC=CC(=O)N(CCOc1ccc(C(=O)NO)cc1)C1CCNCC1c1cc2ccccc2o1. The molecular weight excluding hydrogens is 434 g/mol. The Morgan fingerprint density at radius 1 is 1.24 bits per heavy atom. The molecule has 0 bridgehead atoms. The highest BCUT2D eigenvalue weighted by molar-refractivity contribution is 5.93. The van der Waals surface area contributed by atoms with Crippen molar-refractivity contribution >= 4 is 22.8 Å². The molecule has 3 N–H and O–H groups in total. The Morgan fingerprint density at radius 2 is 2.03 bits per heavy atom. The van der Waals surface area contributed by atoms with E-state index in [1.807, 2.05) is 36.1 Å². The number of rotatable bonds is 8. The van der Waals surface area contributed by atoms with E-state index >= 15 is 0 Å². The molecule has 0 aliphatic carbocycles. The van der Waals surface area contributed by atoms with Gasteiger partial charge in [0.25, 0.3) is 5.91 Å². The molecule has 1 aromatic heterocycles. The van der Waals surface area contributed by atoms with Gasteiger partial charge in [-0.25, -0.2) is 5.48 Å². The minimum atomic E-state index is -0.586. The van der Waals surface area contributed by atoms with Crippen molar-refractivity contribution in [1.29, 1.82) is 0 Å². The van der Waals surface area contributed by atoms with Crippen molar-refractivity contribution in [3.05, 3.63) is 78.1 Å². The molecule has 1 aliphatic heterocycles. The van der Waals surface area contributed by atoms with Gasteiger partial charge in [0.2, 0.25) is 5.91 Å². The Kier molecular flexibility index (Phi) is 7.61. The number of allylic oxidation sites excluding steroid dienone is 1. The summed E-state index contributed by atoms with van der Waals surface area (Å²) >= 11 is 0. The summed E-state index contributed by atoms with van der Waals surface area (Å²) in [4.78, 5) is 26.4. The molecule has 1 saturated heterocycles. The third-order valence-corrected chi connectivity index (χ3v) is 6.07. The minimum absolute atomic E-state index is 0.0200. The van der Waals surface area contributed by atoms with Crippen LogP contribution in [0.4, 0.5) is 0 Å². The van der Waals surface area contributed by atoms with Gasteiger partial charge in [-0.15, -0.1) is 0 Å². The van der Waals surface area contributed by atoms with Gasteiger partial charge in [0, 0.05) is 23.5 Å². The lowest BCUT2D eigenvalue weighted by Crippen LogP contribution is -2.51. The van der Waals surface area contributed by atoms with Crippen LogP contribution in [0, 0.1) is 0 Å². The first kappa shape index (κ1) is 23.5. The quantitative estimate of drug-likeness (QED) is 0.268. The van der Waals surface area contributed by atoms with Crippen LogP contribution in [0.5, 0.6) is 5.75 Å². The number of piperidine rings is 1. The average molecular weight is 464 g/mol. The molecule has 8 nitrogen and oxygen atoms in total. The summed E-state index contributed by atoms with van der Waals surface area (Å²) in [5.41, 5.74) is 2.77. The Hall–Kier alpha value is -3.62. The van der Waals surface area contributed by atoms with Crippen LogP contribution in [-0.2, 0) is 4.79 Å². The number of amides is 2. The zero-order valence-corrected chi connectivity index (χ0v) is 19.1. The fraction of sp³-hybridized carbons (Fsp3) is 0.308. The number of hydrogen-bond acceptors (Lipinski definition) is 6. The Labute approximate surface area is 198 Å². The molecule has 0 spiro atoms. The molecule has 1 fully saturated rings. The van der Waals surface area contributed by atoms with Crippen LogP contribution in [0.1, 0.15) is 35.4 Å². The molecular formula is C26H29N3O5. The third kappa shape index (κ3) is 5.30. The predicted molar refractivity (Wildman–Crippen MR) is 128 cm³/mol. The molecule has 2 unspecified atom stereocenters. The Morgan fingerprint density at radius 3 is 2.76 bits per heavy atom. The van der Waals surface area contributed by atoms with Crippen molar-refractivity contribution in [2.45, 2.75) is 25.3 Å². The highest BCUT2D eigenvalue weighted by Crippen LogP contribution is 2.32. The van der Waals surface area contributed by atoms with E-state index in [2.05, 4.69) is 11.4 Å². The molecule has 2 heterocycles. The van der Waals surface area contributed by atoms with E-state index in [1.54, 1.807) is 41.9 Å². The van der Waals surface area contributed by atoms with Crippen molar-refractivity contribution in [3.63, 3.8) is 0 Å². The molecule has 0 saturated carbocycles. The van der Waals surface area contributed by atoms with Gasteiger partial charge in [-0.05, 0) is 62.4 Å². The number of fused-ring (bicyclic) bond motifs is 1. The topological polar surface area (TPSA) is 104 Å². The second-order valence-electron chi connectivity index (χ2n) is 8.20. The maximum Gasteiger partial charge on any atom is 0.274 e. The van der Waals surface area contributed by atoms with Gasteiger partial charge in [-0.2, -0.15) is 0 Å². The van der Waals surface area contributed by atoms with Crippen molar-refractivity contribution in [3.8, 4) is 5.75 Å². The summed E-state index contributed by atoms with van der Waals surface area (Å²) in [5.74, 6) is 0.820. The molecule has 2 amide bonds. The van der Waals surface area contributed by atoms with Crippen LogP contribution in [0.15, 0.2) is 71.2 Å². The van der Waals surface area contributed by atoms with Crippen LogP contribution in [0.25, 0.3) is 11.0 Å². The first-order chi connectivity index (χ1) is 16.6. The van der Waals surface area contributed by atoms with E-state index in [9.17, 15) is 9.59 Å². The molecule has 2 atom stereocenters. The van der Waals surface area contributed by atoms with Gasteiger partial charge in [0.15, 0.2) is 0 Å². The van der Waals surface area contributed by atoms with Crippen molar-refractivity contribution in [2.75, 3.05) is 26.2 Å². The number of hydrogen-bond donors (Lipinski definition) is 3. The minimum Gasteiger partial charge on any atom is -0.492 e. The standard InChI is InChI=1S/C26H29N3O5/c1-2-5-25(30)29(14-15-33-20-10-8-18(9-11-20)26(31)28-32)22-12-13-27-17-21(22)24-16-19-6-3-4-7-23(19)34-24/h2-11,16,21-22,27,32H,12-15,17H2,1H3,(H,28,31). The summed E-state index contributed by atoms with van der Waals surface area (Å²) in [6.07, 6.45) is 4.13. The third-order valence-electron chi connectivity index (χ3n) is 6.07. The van der Waals surface area contributed by atoms with Gasteiger partial charge >= 0.3 is 0 Å². The highest BCUT2D eigenvalue weighted by Gasteiger charge is 2.35. The molecule has 8 heteroatoms. The fourth-order valence-corrected chi connectivity index (χ4v) is 4.40. The number of carbonyl (C=O) groups excluding carboxylic acids is 2. The first-order valence-corrected chi connectivity index (χ1v) is 11.4. The maximum absolute atomic E-state index is 13.1. The number of carbonyl (C=O) groups is 2. The van der Waals surface area contributed by atoms with E-state index in [1.165, 1.54) is 0 Å². The van der Waals surface area contributed by atoms with Gasteiger partial charge in [0.1, 0.15) is 23.7 Å². The van der Waals surface area contributed by atoms with Gasteiger partial charge in [-0.3, -0.25) is 14.8 Å². The van der Waals surface area contributed by atoms with Crippen molar-refractivity contribution in [1.82, 2.24) is 15.7 Å². The first-order valence-electron chi connectivity index (χ1n) is 11.4. The molecule has 3 aromatic rings. The molecule has 4 rings (SSSR count). The summed E-state index contributed by atoms with van der Waals surface area (Å²) in [7, 11) is 0. The summed E-state index contributed by atoms with van der Waals surface area (Å²) in [6, 6.07) is 16.4. The molecule has 1 aliphatic rings. The lowest BCUT2D eigenvalue weighted by molar-refractivity contribution is -0.129. The van der Waals surface area contributed by atoms with E-state index in [-0.39, 0.29) is 17.9 Å². The number of nitrogens with one attached hydrogen (secondary N) is 2. The summed E-state index contributed by atoms with van der Waals surface area (Å²) < 4.78 is 12.0. The number of benzene rings is 2. The van der Waals surface area contributed by atoms with Crippen molar-refractivity contribution in [2.24, 2.45) is 0 Å². The number of ether oxygens (including phenoxy) is 1. The molecule has 178 valence electrons. The largest absolute Gasteiger partial charge is 0.492 e. The number of para-hydroxylation sites is 1. The smallest absolute Gasteiger partial charge is 0.274 e. The lowest BCUT2D eigenvalue weighted by atomic mass is 9.89. The van der Waals surface area contributed by atoms with Gasteiger partial charge in [0.05, 0.1) is 12.5 Å². The van der Waals surface area contributed by atoms with Gasteiger partial charge < -0.3 is 19.4 Å². The Bertz CT molecular complexity index is 1120. The van der Waals surface area contributed by atoms with Crippen LogP contribution < -0.4 is 15.5 Å². The average Bonchev–Trinajstić information content (AvgIpc) is 3.31. The zero-order chi connectivity index (χ0) is 23.9. The van der Waals surface area contributed by atoms with E-state index < -0.39 is 5.91 Å². The van der Waals surface area contributed by atoms with Crippen LogP contribution >= 0.6 is 0 Å². The van der Waals surface area contributed by atoms with Crippen LogP contribution in [-0.4, -0.2) is 54.2 Å². The normalized spacial score (nSPS) is 18.2. The zero-order valence-electron chi connectivity index (χ0n) is 19.1. The summed E-state index contributed by atoms with van der Waals surface area (Å²) in [5, 5.41) is 13.2. The fourth-order valence-electron chi connectivity index (χ4n) is 4.40. The predicted octanol–water partition coefficient (Wildman–Crippen LogP) is 3.48. The number of nitrogens with zero attached hydrogens (tertiary/aromatic N) is 1. The van der Waals surface area contributed by atoms with Crippen molar-refractivity contribution < 1.29 is 24.0 Å². The molecule has 0 radical (unpaired) electrons. The Balaban J connectivity index is 1.49. The van der Waals surface area contributed by atoms with E-state index in [4.69, 9.17) is 14.4 Å². The van der Waals surface area contributed by atoms with E-state index in [0.29, 0.717) is 24.5 Å². The monoisotopic (exact) mass is 463 g/mol.